The summed E-state index contributed by atoms with van der Waals surface area (Å²) in [6, 6.07) is 0. The maximum Gasteiger partial charge on any atom is 0.417 e. The minimum absolute atomic E-state index is 0.188. The molecule has 1 aliphatic carbocycles. The average molecular weight is 468 g/mol. The molecule has 0 aromatic rings. The van der Waals surface area contributed by atoms with Gasteiger partial charge < -0.3 is 14.3 Å². The summed E-state index contributed by atoms with van der Waals surface area (Å²) < 4.78 is 12.6. The summed E-state index contributed by atoms with van der Waals surface area (Å²) in [5.41, 5.74) is -0.208. The Morgan fingerprint density at radius 1 is 1.22 bits per heavy atom. The standard InChI is InChI=1S/C25H45NO5Si/c1-11-13-25-14-12-20(31-32(16(2)3,17(4)5)18(6)7)19(15-25)21(27)22(28)26(25)23(29)30-24(8,9)10/h11,16-21,27H,1,12-15H2,2-10H3/t19-,20+,21-,25-/m0/s1. The molecule has 0 radical (unpaired) electrons. The maximum absolute atomic E-state index is 13.4. The molecule has 2 amide bonds. The van der Waals surface area contributed by atoms with Gasteiger partial charge in [-0.2, -0.15) is 0 Å². The molecule has 0 aromatic carbocycles. The van der Waals surface area contributed by atoms with Crippen LogP contribution in [0.25, 0.3) is 0 Å². The van der Waals surface area contributed by atoms with Crippen LogP contribution in [0.4, 0.5) is 4.79 Å². The van der Waals surface area contributed by atoms with E-state index in [0.29, 0.717) is 42.3 Å². The van der Waals surface area contributed by atoms with E-state index in [1.54, 1.807) is 26.8 Å². The summed E-state index contributed by atoms with van der Waals surface area (Å²) in [5, 5.41) is 11.1. The Bertz CT molecular complexity index is 692. The molecule has 2 aliphatic rings. The van der Waals surface area contributed by atoms with Gasteiger partial charge in [-0.25, -0.2) is 9.69 Å². The molecular formula is C25H45NO5Si. The zero-order valence-electron chi connectivity index (χ0n) is 21.6. The fourth-order valence-corrected chi connectivity index (χ4v) is 12.0. The predicted octanol–water partition coefficient (Wildman–Crippen LogP) is 5.80. The number of carbonyl (C=O) groups is 2. The summed E-state index contributed by atoms with van der Waals surface area (Å²) in [4.78, 5) is 27.6. The van der Waals surface area contributed by atoms with Crippen molar-refractivity contribution in [1.82, 2.24) is 4.90 Å². The Morgan fingerprint density at radius 2 is 1.75 bits per heavy atom. The highest BCUT2D eigenvalue weighted by Gasteiger charge is 2.59. The minimum atomic E-state index is -2.18. The molecule has 4 atom stereocenters. The number of imide groups is 1. The molecule has 184 valence electrons. The third-order valence-electron chi connectivity index (χ3n) is 7.50. The highest BCUT2D eigenvalue weighted by Crippen LogP contribution is 2.51. The highest BCUT2D eigenvalue weighted by atomic mass is 28.4. The SMILES string of the molecule is C=CC[C@]12CC[C@@H](O[Si](C(C)C)(C(C)C)C(C)C)[C@H](C1)[C@H](O)C(=O)N2C(=O)OC(C)(C)C. The number of hydrogen-bond donors (Lipinski definition) is 1. The number of fused-ring (bicyclic) bond motifs is 2. The Kier molecular flexibility index (Phi) is 8.11. The second kappa shape index (κ2) is 9.59. The van der Waals surface area contributed by atoms with Gasteiger partial charge in [-0.05, 0) is 63.1 Å². The third-order valence-corrected chi connectivity index (χ3v) is 13.6. The van der Waals surface area contributed by atoms with Crippen LogP contribution in [0.5, 0.6) is 0 Å². The predicted molar refractivity (Wildman–Crippen MR) is 130 cm³/mol. The van der Waals surface area contributed by atoms with Crippen molar-refractivity contribution in [3.8, 4) is 0 Å². The first-order valence-electron chi connectivity index (χ1n) is 12.2. The zero-order valence-corrected chi connectivity index (χ0v) is 22.6. The van der Waals surface area contributed by atoms with Gasteiger partial charge in [-0.3, -0.25) is 4.79 Å². The van der Waals surface area contributed by atoms with E-state index in [2.05, 4.69) is 48.1 Å². The average Bonchev–Trinajstić information content (AvgIpc) is 2.63. The molecule has 2 fully saturated rings. The number of piperidine rings is 1. The molecule has 0 spiro atoms. The topological polar surface area (TPSA) is 76.1 Å². The number of carbonyl (C=O) groups excluding carboxylic acids is 2. The first-order valence-corrected chi connectivity index (χ1v) is 14.3. The van der Waals surface area contributed by atoms with Crippen molar-refractivity contribution < 1.29 is 23.9 Å². The van der Waals surface area contributed by atoms with Crippen molar-refractivity contribution in [3.63, 3.8) is 0 Å². The van der Waals surface area contributed by atoms with Crippen LogP contribution in [0.2, 0.25) is 16.6 Å². The van der Waals surface area contributed by atoms with Crippen molar-refractivity contribution in [2.75, 3.05) is 0 Å². The number of ether oxygens (including phenoxy) is 1. The van der Waals surface area contributed by atoms with Crippen molar-refractivity contribution in [2.24, 2.45) is 5.92 Å². The molecule has 6 nitrogen and oxygen atoms in total. The maximum atomic E-state index is 13.4. The van der Waals surface area contributed by atoms with Crippen LogP contribution in [0.15, 0.2) is 12.7 Å². The zero-order chi connectivity index (χ0) is 24.6. The first kappa shape index (κ1) is 27.1. The molecule has 2 bridgehead atoms. The molecule has 1 heterocycles. The summed E-state index contributed by atoms with van der Waals surface area (Å²) in [6.07, 6.45) is 1.92. The molecule has 1 saturated heterocycles. The van der Waals surface area contributed by atoms with E-state index in [9.17, 15) is 14.7 Å². The molecule has 1 aliphatic heterocycles. The van der Waals surface area contributed by atoms with Crippen molar-refractivity contribution >= 4 is 20.3 Å². The van der Waals surface area contributed by atoms with Crippen LogP contribution >= 0.6 is 0 Å². The van der Waals surface area contributed by atoms with E-state index in [-0.39, 0.29) is 12.0 Å². The summed E-state index contributed by atoms with van der Waals surface area (Å²) in [7, 11) is -2.18. The van der Waals surface area contributed by atoms with Gasteiger partial charge in [-0.1, -0.05) is 47.6 Å². The Balaban J connectivity index is 2.42. The van der Waals surface area contributed by atoms with Gasteiger partial charge in [0.2, 0.25) is 8.32 Å². The first-order chi connectivity index (χ1) is 14.6. The second-order valence-corrected chi connectivity index (χ2v) is 17.1. The van der Waals surface area contributed by atoms with Crippen LogP contribution in [-0.4, -0.2) is 53.7 Å². The smallest absolute Gasteiger partial charge is 0.417 e. The van der Waals surface area contributed by atoms with Gasteiger partial charge in [0, 0.05) is 5.92 Å². The van der Waals surface area contributed by atoms with Gasteiger partial charge in [-0.15, -0.1) is 6.58 Å². The van der Waals surface area contributed by atoms with E-state index in [1.165, 1.54) is 4.90 Å². The van der Waals surface area contributed by atoms with Gasteiger partial charge in [0.25, 0.3) is 5.91 Å². The van der Waals surface area contributed by atoms with Gasteiger partial charge in [0.05, 0.1) is 11.6 Å². The van der Waals surface area contributed by atoms with E-state index >= 15 is 0 Å². The van der Waals surface area contributed by atoms with E-state index in [0.717, 1.165) is 0 Å². The number of nitrogens with zero attached hydrogens (tertiary/aromatic N) is 1. The fourth-order valence-electron chi connectivity index (χ4n) is 6.32. The van der Waals surface area contributed by atoms with Gasteiger partial charge >= 0.3 is 6.09 Å². The lowest BCUT2D eigenvalue weighted by molar-refractivity contribution is -0.171. The van der Waals surface area contributed by atoms with Gasteiger partial charge in [0.1, 0.15) is 11.7 Å². The lowest BCUT2D eigenvalue weighted by atomic mass is 9.66. The van der Waals surface area contributed by atoms with Crippen molar-refractivity contribution in [1.29, 1.82) is 0 Å². The Labute approximate surface area is 195 Å². The molecule has 2 rings (SSSR count). The van der Waals surface area contributed by atoms with E-state index in [1.807, 2.05) is 0 Å². The molecule has 7 heteroatoms. The summed E-state index contributed by atoms with van der Waals surface area (Å²) in [6.45, 7) is 22.6. The molecule has 1 saturated carbocycles. The Hall–Kier alpha value is -1.18. The fraction of sp³-hybridized carbons (Fsp3) is 0.840. The van der Waals surface area contributed by atoms with Crippen LogP contribution in [0, 0.1) is 5.92 Å². The number of hydrogen-bond acceptors (Lipinski definition) is 5. The van der Waals surface area contributed by atoms with E-state index < -0.39 is 37.6 Å². The van der Waals surface area contributed by atoms with Crippen LogP contribution in [0.3, 0.4) is 0 Å². The number of likely N-dealkylation sites (tertiary alicyclic amines) is 1. The molecule has 0 unspecified atom stereocenters. The van der Waals surface area contributed by atoms with Crippen molar-refractivity contribution in [3.05, 3.63) is 12.7 Å². The largest absolute Gasteiger partial charge is 0.443 e. The van der Waals surface area contributed by atoms with Crippen molar-refractivity contribution in [2.45, 2.75) is 128 Å². The lowest BCUT2D eigenvalue weighted by Gasteiger charge is -2.56. The van der Waals surface area contributed by atoms with E-state index in [4.69, 9.17) is 9.16 Å². The molecular weight excluding hydrogens is 422 g/mol. The highest BCUT2D eigenvalue weighted by molar-refractivity contribution is 6.77. The second-order valence-electron chi connectivity index (χ2n) is 11.7. The van der Waals surface area contributed by atoms with Crippen LogP contribution in [0.1, 0.15) is 88.0 Å². The molecule has 32 heavy (non-hydrogen) atoms. The molecule has 0 aromatic heterocycles. The molecule has 1 N–H and O–H groups in total. The summed E-state index contributed by atoms with van der Waals surface area (Å²) in [5.74, 6) is -0.908. The van der Waals surface area contributed by atoms with Crippen LogP contribution < -0.4 is 0 Å². The normalized spacial score (nSPS) is 29.1. The number of rotatable bonds is 7. The summed E-state index contributed by atoms with van der Waals surface area (Å²) >= 11 is 0. The minimum Gasteiger partial charge on any atom is -0.443 e. The third kappa shape index (κ3) is 4.85. The quantitative estimate of drug-likeness (QED) is 0.378. The number of aliphatic hydroxyl groups excluding tert-OH is 1. The van der Waals surface area contributed by atoms with Gasteiger partial charge in [0.15, 0.2) is 0 Å². The Morgan fingerprint density at radius 3 is 2.19 bits per heavy atom. The lowest BCUT2D eigenvalue weighted by Crippen LogP contribution is -2.69. The van der Waals surface area contributed by atoms with Crippen LogP contribution in [-0.2, 0) is 14.0 Å². The number of aliphatic hydroxyl groups is 1. The number of amides is 2. The monoisotopic (exact) mass is 467 g/mol.